The molecular formula is C14H17N3O3S. The molecule has 112 valence electrons. The number of nitrogens with one attached hydrogen (secondary N) is 1. The summed E-state index contributed by atoms with van der Waals surface area (Å²) in [5, 5.41) is 3.86. The number of rotatable bonds is 6. The second kappa shape index (κ2) is 6.64. The number of hydrogen-bond acceptors (Lipinski definition) is 4. The molecule has 21 heavy (non-hydrogen) atoms. The van der Waals surface area contributed by atoms with E-state index in [1.807, 2.05) is 6.92 Å². The number of aryl methyl sites for hydroxylation is 1. The fourth-order valence-corrected chi connectivity index (χ4v) is 2.85. The van der Waals surface area contributed by atoms with Crippen LogP contribution in [0.2, 0.25) is 0 Å². The van der Waals surface area contributed by atoms with Crippen LogP contribution < -0.4 is 10.3 Å². The van der Waals surface area contributed by atoms with Gasteiger partial charge in [0, 0.05) is 18.8 Å². The fraction of sp³-hybridized carbons (Fsp3) is 0.286. The molecule has 0 unspecified atom stereocenters. The molecule has 0 saturated heterocycles. The molecule has 2 rings (SSSR count). The van der Waals surface area contributed by atoms with Gasteiger partial charge in [0.2, 0.25) is 10.0 Å². The highest BCUT2D eigenvalue weighted by molar-refractivity contribution is 7.89. The summed E-state index contributed by atoms with van der Waals surface area (Å²) < 4.78 is 27.8. The van der Waals surface area contributed by atoms with Crippen molar-refractivity contribution in [3.05, 3.63) is 58.5 Å². The SMILES string of the molecule is CCc1ccc(S(=O)(=O)NCCn2ncccc2=O)cc1. The Morgan fingerprint density at radius 3 is 2.52 bits per heavy atom. The van der Waals surface area contributed by atoms with Gasteiger partial charge in [0.05, 0.1) is 11.4 Å². The smallest absolute Gasteiger partial charge is 0.266 e. The Balaban J connectivity index is 2.01. The standard InChI is InChI=1S/C14H17N3O3S/c1-2-12-5-7-13(8-6-12)21(19,20)16-10-11-17-14(18)4-3-9-15-17/h3-9,16H,2,10-11H2,1H3. The Bertz CT molecular complexity index is 752. The average Bonchev–Trinajstić information content (AvgIpc) is 2.49. The highest BCUT2D eigenvalue weighted by atomic mass is 32.2. The van der Waals surface area contributed by atoms with E-state index in [4.69, 9.17) is 0 Å². The molecule has 0 spiro atoms. The first-order valence-corrected chi connectivity index (χ1v) is 8.12. The van der Waals surface area contributed by atoms with E-state index in [0.29, 0.717) is 0 Å². The molecule has 0 saturated carbocycles. The Morgan fingerprint density at radius 2 is 1.90 bits per heavy atom. The molecule has 0 radical (unpaired) electrons. The molecule has 7 heteroatoms. The van der Waals surface area contributed by atoms with Crippen molar-refractivity contribution in [3.8, 4) is 0 Å². The minimum Gasteiger partial charge on any atom is -0.268 e. The molecule has 0 atom stereocenters. The van der Waals surface area contributed by atoms with Crippen molar-refractivity contribution in [1.82, 2.24) is 14.5 Å². The number of sulfonamides is 1. The minimum atomic E-state index is -3.56. The van der Waals surface area contributed by atoms with Crippen LogP contribution in [0.5, 0.6) is 0 Å². The summed E-state index contributed by atoms with van der Waals surface area (Å²) in [6, 6.07) is 9.65. The summed E-state index contributed by atoms with van der Waals surface area (Å²) in [5.74, 6) is 0. The third-order valence-electron chi connectivity index (χ3n) is 3.04. The molecule has 0 aliphatic heterocycles. The van der Waals surface area contributed by atoms with Gasteiger partial charge in [-0.25, -0.2) is 17.8 Å². The van der Waals surface area contributed by atoms with Crippen LogP contribution in [0.25, 0.3) is 0 Å². The third-order valence-corrected chi connectivity index (χ3v) is 4.52. The first kappa shape index (κ1) is 15.4. The Morgan fingerprint density at radius 1 is 1.19 bits per heavy atom. The molecule has 2 aromatic rings. The van der Waals surface area contributed by atoms with E-state index in [-0.39, 0.29) is 23.5 Å². The van der Waals surface area contributed by atoms with Gasteiger partial charge in [-0.2, -0.15) is 5.10 Å². The lowest BCUT2D eigenvalue weighted by molar-refractivity contribution is 0.547. The predicted octanol–water partition coefficient (Wildman–Crippen LogP) is 0.784. The monoisotopic (exact) mass is 307 g/mol. The van der Waals surface area contributed by atoms with Gasteiger partial charge in [-0.05, 0) is 30.2 Å². The Kier molecular flexibility index (Phi) is 4.87. The highest BCUT2D eigenvalue weighted by Gasteiger charge is 2.13. The topological polar surface area (TPSA) is 81.1 Å². The lowest BCUT2D eigenvalue weighted by Crippen LogP contribution is -2.31. The molecule has 0 aliphatic rings. The lowest BCUT2D eigenvalue weighted by atomic mass is 10.2. The van der Waals surface area contributed by atoms with Gasteiger partial charge in [-0.3, -0.25) is 4.79 Å². The minimum absolute atomic E-state index is 0.106. The van der Waals surface area contributed by atoms with E-state index in [0.717, 1.165) is 12.0 Å². The summed E-state index contributed by atoms with van der Waals surface area (Å²) in [7, 11) is -3.56. The van der Waals surface area contributed by atoms with Gasteiger partial charge in [0.25, 0.3) is 5.56 Å². The third kappa shape index (κ3) is 3.99. The summed E-state index contributed by atoms with van der Waals surface area (Å²) in [4.78, 5) is 11.7. The summed E-state index contributed by atoms with van der Waals surface area (Å²) >= 11 is 0. The van der Waals surface area contributed by atoms with Crippen molar-refractivity contribution < 1.29 is 8.42 Å². The Labute approximate surface area is 123 Å². The van der Waals surface area contributed by atoms with E-state index in [9.17, 15) is 13.2 Å². The van der Waals surface area contributed by atoms with E-state index in [2.05, 4.69) is 9.82 Å². The van der Waals surface area contributed by atoms with Crippen LogP contribution >= 0.6 is 0 Å². The van der Waals surface area contributed by atoms with Gasteiger partial charge >= 0.3 is 0 Å². The molecular weight excluding hydrogens is 290 g/mol. The molecule has 0 aliphatic carbocycles. The maximum absolute atomic E-state index is 12.1. The zero-order valence-corrected chi connectivity index (χ0v) is 12.5. The first-order valence-electron chi connectivity index (χ1n) is 6.63. The van der Waals surface area contributed by atoms with Crippen molar-refractivity contribution in [1.29, 1.82) is 0 Å². The molecule has 0 amide bonds. The lowest BCUT2D eigenvalue weighted by Gasteiger charge is -2.08. The van der Waals surface area contributed by atoms with Crippen LogP contribution in [0.3, 0.4) is 0 Å². The molecule has 1 aromatic heterocycles. The van der Waals surface area contributed by atoms with Crippen LogP contribution in [-0.2, 0) is 23.0 Å². The summed E-state index contributed by atoms with van der Waals surface area (Å²) in [6.07, 6.45) is 2.34. The largest absolute Gasteiger partial charge is 0.268 e. The highest BCUT2D eigenvalue weighted by Crippen LogP contribution is 2.10. The first-order chi connectivity index (χ1) is 10.0. The second-order valence-electron chi connectivity index (χ2n) is 4.48. The molecule has 1 aromatic carbocycles. The van der Waals surface area contributed by atoms with Crippen LogP contribution in [0.1, 0.15) is 12.5 Å². The summed E-state index contributed by atoms with van der Waals surface area (Å²) in [6.45, 7) is 2.30. The zero-order chi connectivity index (χ0) is 15.3. The van der Waals surface area contributed by atoms with Crippen molar-refractivity contribution in [2.24, 2.45) is 0 Å². The van der Waals surface area contributed by atoms with Crippen molar-refractivity contribution >= 4 is 10.0 Å². The molecule has 6 nitrogen and oxygen atoms in total. The number of benzene rings is 1. The van der Waals surface area contributed by atoms with Crippen molar-refractivity contribution in [3.63, 3.8) is 0 Å². The maximum atomic E-state index is 12.1. The molecule has 0 bridgehead atoms. The van der Waals surface area contributed by atoms with Crippen molar-refractivity contribution in [2.75, 3.05) is 6.54 Å². The maximum Gasteiger partial charge on any atom is 0.266 e. The van der Waals surface area contributed by atoms with Crippen LogP contribution in [-0.4, -0.2) is 24.7 Å². The fourth-order valence-electron chi connectivity index (χ4n) is 1.83. The summed E-state index contributed by atoms with van der Waals surface area (Å²) in [5.41, 5.74) is 0.818. The predicted molar refractivity (Wildman–Crippen MR) is 79.5 cm³/mol. The van der Waals surface area contributed by atoms with Crippen LogP contribution in [0.4, 0.5) is 0 Å². The Hall–Kier alpha value is -1.99. The van der Waals surface area contributed by atoms with Gasteiger partial charge in [-0.1, -0.05) is 19.1 Å². The molecule has 0 fully saturated rings. The number of nitrogens with zero attached hydrogens (tertiary/aromatic N) is 2. The quantitative estimate of drug-likeness (QED) is 0.855. The average molecular weight is 307 g/mol. The molecule has 1 heterocycles. The van der Waals surface area contributed by atoms with Gasteiger partial charge < -0.3 is 0 Å². The number of hydrogen-bond donors (Lipinski definition) is 1. The van der Waals surface area contributed by atoms with Crippen molar-refractivity contribution in [2.45, 2.75) is 24.8 Å². The van der Waals surface area contributed by atoms with E-state index < -0.39 is 10.0 Å². The van der Waals surface area contributed by atoms with Crippen LogP contribution in [0, 0.1) is 0 Å². The normalized spacial score (nSPS) is 11.5. The molecule has 1 N–H and O–H groups in total. The van der Waals surface area contributed by atoms with E-state index in [1.165, 1.54) is 23.0 Å². The van der Waals surface area contributed by atoms with E-state index >= 15 is 0 Å². The van der Waals surface area contributed by atoms with Gasteiger partial charge in [0.1, 0.15) is 0 Å². The van der Waals surface area contributed by atoms with Gasteiger partial charge in [0.15, 0.2) is 0 Å². The zero-order valence-electron chi connectivity index (χ0n) is 11.7. The second-order valence-corrected chi connectivity index (χ2v) is 6.25. The number of aromatic nitrogens is 2. The van der Waals surface area contributed by atoms with Gasteiger partial charge in [-0.15, -0.1) is 0 Å². The van der Waals surface area contributed by atoms with E-state index in [1.54, 1.807) is 24.3 Å². The van der Waals surface area contributed by atoms with Crippen LogP contribution in [0.15, 0.2) is 52.3 Å².